The van der Waals surface area contributed by atoms with Gasteiger partial charge in [-0.2, -0.15) is 0 Å². The maximum Gasteiger partial charge on any atom is 0.0580 e. The summed E-state index contributed by atoms with van der Waals surface area (Å²) in [5.41, 5.74) is 0. The Bertz CT molecular complexity index is 228. The molecule has 0 saturated heterocycles. The molecule has 1 fully saturated rings. The molecule has 1 rings (SSSR count). The van der Waals surface area contributed by atoms with Gasteiger partial charge in [0.1, 0.15) is 0 Å². The van der Waals surface area contributed by atoms with Crippen molar-refractivity contribution in [3.63, 3.8) is 0 Å². The predicted molar refractivity (Wildman–Crippen MR) is 72.9 cm³/mol. The van der Waals surface area contributed by atoms with E-state index in [9.17, 15) is 0 Å². The van der Waals surface area contributed by atoms with E-state index in [0.29, 0.717) is 12.1 Å². The van der Waals surface area contributed by atoms with Crippen LogP contribution in [0.2, 0.25) is 0 Å². The first kappa shape index (κ1) is 14.5. The maximum absolute atomic E-state index is 5.60. The number of ether oxygens (including phenoxy) is 1. The summed E-state index contributed by atoms with van der Waals surface area (Å²) < 4.78 is 5.60. The third kappa shape index (κ3) is 5.57. The second-order valence-corrected chi connectivity index (χ2v) is 5.04. The van der Waals surface area contributed by atoms with Crippen LogP contribution in [-0.2, 0) is 4.74 Å². The van der Waals surface area contributed by atoms with Crippen LogP contribution in [-0.4, -0.2) is 25.3 Å². The molecule has 1 unspecified atom stereocenters. The highest BCUT2D eigenvalue weighted by Crippen LogP contribution is 2.34. The quantitative estimate of drug-likeness (QED) is 0.623. The van der Waals surface area contributed by atoms with Gasteiger partial charge in [-0.25, -0.2) is 0 Å². The standard InChI is InChI=1S/C15H27NO/c1-4-7-8-14(16-9-5-2)10-13-11-15(12-13)17-6-3/h1,13-16H,5-12H2,2-3H3. The first-order valence-corrected chi connectivity index (χ1v) is 7.08. The van der Waals surface area contributed by atoms with Gasteiger partial charge in [0.05, 0.1) is 6.10 Å². The average Bonchev–Trinajstić information content (AvgIpc) is 2.29. The number of terminal acetylenes is 1. The molecular formula is C15H27NO. The molecule has 0 heterocycles. The number of hydrogen-bond acceptors (Lipinski definition) is 2. The first-order valence-electron chi connectivity index (χ1n) is 7.08. The largest absolute Gasteiger partial charge is 0.378 e. The van der Waals surface area contributed by atoms with Crippen LogP contribution in [0, 0.1) is 18.3 Å². The Kier molecular flexibility index (Phi) is 7.32. The van der Waals surface area contributed by atoms with E-state index in [4.69, 9.17) is 11.2 Å². The van der Waals surface area contributed by atoms with E-state index in [2.05, 4.69) is 25.1 Å². The van der Waals surface area contributed by atoms with E-state index in [0.717, 1.165) is 31.9 Å². The molecule has 0 aromatic rings. The second kappa shape index (κ2) is 8.55. The molecule has 0 aliphatic heterocycles. The van der Waals surface area contributed by atoms with Gasteiger partial charge in [0.25, 0.3) is 0 Å². The van der Waals surface area contributed by atoms with E-state index in [1.165, 1.54) is 25.7 Å². The Balaban J connectivity index is 2.17. The van der Waals surface area contributed by atoms with Crippen LogP contribution in [0.15, 0.2) is 0 Å². The molecule has 0 spiro atoms. The van der Waals surface area contributed by atoms with Crippen molar-refractivity contribution in [2.24, 2.45) is 5.92 Å². The number of hydrogen-bond donors (Lipinski definition) is 1. The zero-order chi connectivity index (χ0) is 12.5. The van der Waals surface area contributed by atoms with Crippen molar-refractivity contribution in [1.82, 2.24) is 5.32 Å². The molecule has 1 N–H and O–H groups in total. The summed E-state index contributed by atoms with van der Waals surface area (Å²) in [4.78, 5) is 0. The summed E-state index contributed by atoms with van der Waals surface area (Å²) in [5.74, 6) is 3.59. The van der Waals surface area contributed by atoms with Crippen molar-refractivity contribution in [2.45, 2.75) is 64.5 Å². The van der Waals surface area contributed by atoms with E-state index in [-0.39, 0.29) is 0 Å². The topological polar surface area (TPSA) is 21.3 Å². The van der Waals surface area contributed by atoms with Crippen molar-refractivity contribution in [3.8, 4) is 12.3 Å². The molecule has 0 bridgehead atoms. The van der Waals surface area contributed by atoms with Gasteiger partial charge in [-0.1, -0.05) is 6.92 Å². The van der Waals surface area contributed by atoms with Gasteiger partial charge in [-0.15, -0.1) is 12.3 Å². The molecular weight excluding hydrogens is 210 g/mol. The molecule has 0 radical (unpaired) electrons. The van der Waals surface area contributed by atoms with Gasteiger partial charge in [-0.3, -0.25) is 0 Å². The van der Waals surface area contributed by atoms with E-state index in [1.54, 1.807) is 0 Å². The van der Waals surface area contributed by atoms with E-state index >= 15 is 0 Å². The van der Waals surface area contributed by atoms with Crippen LogP contribution in [0.4, 0.5) is 0 Å². The van der Waals surface area contributed by atoms with Crippen molar-refractivity contribution in [3.05, 3.63) is 0 Å². The van der Waals surface area contributed by atoms with E-state index < -0.39 is 0 Å². The highest BCUT2D eigenvalue weighted by atomic mass is 16.5. The lowest BCUT2D eigenvalue weighted by Crippen LogP contribution is -2.38. The third-order valence-corrected chi connectivity index (χ3v) is 3.53. The minimum Gasteiger partial charge on any atom is -0.378 e. The van der Waals surface area contributed by atoms with Crippen LogP contribution < -0.4 is 5.32 Å². The zero-order valence-electron chi connectivity index (χ0n) is 11.4. The van der Waals surface area contributed by atoms with Crippen LogP contribution in [0.1, 0.15) is 52.4 Å². The van der Waals surface area contributed by atoms with Gasteiger partial charge in [0, 0.05) is 19.1 Å². The van der Waals surface area contributed by atoms with Gasteiger partial charge >= 0.3 is 0 Å². The lowest BCUT2D eigenvalue weighted by atomic mass is 9.77. The number of nitrogens with one attached hydrogen (secondary N) is 1. The van der Waals surface area contributed by atoms with Crippen molar-refractivity contribution < 1.29 is 4.74 Å². The van der Waals surface area contributed by atoms with Gasteiger partial charge < -0.3 is 10.1 Å². The fraction of sp³-hybridized carbons (Fsp3) is 0.867. The normalized spacial score (nSPS) is 25.0. The molecule has 98 valence electrons. The third-order valence-electron chi connectivity index (χ3n) is 3.53. The minimum atomic E-state index is 0.532. The summed E-state index contributed by atoms with van der Waals surface area (Å²) >= 11 is 0. The maximum atomic E-state index is 5.60. The molecule has 0 aromatic carbocycles. The molecule has 17 heavy (non-hydrogen) atoms. The predicted octanol–water partition coefficient (Wildman–Crippen LogP) is 2.97. The smallest absolute Gasteiger partial charge is 0.0580 e. The highest BCUT2D eigenvalue weighted by Gasteiger charge is 2.30. The summed E-state index contributed by atoms with van der Waals surface area (Å²) in [7, 11) is 0. The minimum absolute atomic E-state index is 0.532. The van der Waals surface area contributed by atoms with Gasteiger partial charge in [-0.05, 0) is 51.5 Å². The summed E-state index contributed by atoms with van der Waals surface area (Å²) in [6.07, 6.45) is 12.8. The SMILES string of the molecule is C#CCCC(CC1CC(OCC)C1)NCCC. The fourth-order valence-electron chi connectivity index (χ4n) is 2.55. The van der Waals surface area contributed by atoms with E-state index in [1.807, 2.05) is 0 Å². The fourth-order valence-corrected chi connectivity index (χ4v) is 2.55. The van der Waals surface area contributed by atoms with Crippen molar-refractivity contribution in [1.29, 1.82) is 0 Å². The van der Waals surface area contributed by atoms with Gasteiger partial charge in [0.15, 0.2) is 0 Å². The molecule has 0 amide bonds. The molecule has 1 saturated carbocycles. The van der Waals surface area contributed by atoms with Crippen molar-refractivity contribution in [2.75, 3.05) is 13.2 Å². The molecule has 1 aliphatic carbocycles. The molecule has 2 heteroatoms. The lowest BCUT2D eigenvalue weighted by Gasteiger charge is -2.37. The van der Waals surface area contributed by atoms with Crippen LogP contribution in [0.3, 0.4) is 0 Å². The summed E-state index contributed by atoms with van der Waals surface area (Å²) in [5, 5.41) is 3.61. The second-order valence-electron chi connectivity index (χ2n) is 5.04. The van der Waals surface area contributed by atoms with Crippen molar-refractivity contribution >= 4 is 0 Å². The molecule has 1 atom stereocenters. The van der Waals surface area contributed by atoms with Crippen LogP contribution in [0.25, 0.3) is 0 Å². The zero-order valence-corrected chi connectivity index (χ0v) is 11.4. The van der Waals surface area contributed by atoms with Gasteiger partial charge in [0.2, 0.25) is 0 Å². The first-order chi connectivity index (χ1) is 8.30. The molecule has 0 aromatic heterocycles. The summed E-state index contributed by atoms with van der Waals surface area (Å²) in [6, 6.07) is 0.610. The molecule has 2 nitrogen and oxygen atoms in total. The van der Waals surface area contributed by atoms with Crippen LogP contribution >= 0.6 is 0 Å². The summed E-state index contributed by atoms with van der Waals surface area (Å²) in [6.45, 7) is 6.24. The monoisotopic (exact) mass is 237 g/mol. The average molecular weight is 237 g/mol. The Hall–Kier alpha value is -0.520. The Morgan fingerprint density at radius 2 is 2.18 bits per heavy atom. The Labute approximate surface area is 107 Å². The Morgan fingerprint density at radius 1 is 1.41 bits per heavy atom. The highest BCUT2D eigenvalue weighted by molar-refractivity contribution is 4.88. The molecule has 1 aliphatic rings. The number of rotatable bonds is 9. The Morgan fingerprint density at radius 3 is 2.76 bits per heavy atom. The van der Waals surface area contributed by atoms with Crippen LogP contribution in [0.5, 0.6) is 0 Å². The lowest BCUT2D eigenvalue weighted by molar-refractivity contribution is -0.0292.